The van der Waals surface area contributed by atoms with Crippen molar-refractivity contribution in [2.75, 3.05) is 19.3 Å². The van der Waals surface area contributed by atoms with Crippen LogP contribution in [-0.2, 0) is 9.84 Å². The van der Waals surface area contributed by atoms with Gasteiger partial charge in [-0.15, -0.1) is 0 Å². The van der Waals surface area contributed by atoms with Crippen LogP contribution in [0.3, 0.4) is 0 Å². The molecule has 1 aliphatic rings. The minimum absolute atomic E-state index is 0.0909. The quantitative estimate of drug-likeness (QED) is 0.876. The largest absolute Gasteiger partial charge is 0.339 e. The molecule has 2 heterocycles. The maximum atomic E-state index is 12.4. The lowest BCUT2D eigenvalue weighted by molar-refractivity contribution is 0.0726. The maximum absolute atomic E-state index is 12.4. The van der Waals surface area contributed by atoms with Gasteiger partial charge in [-0.05, 0) is 31.0 Å². The second-order valence-corrected chi connectivity index (χ2v) is 7.67. The van der Waals surface area contributed by atoms with Gasteiger partial charge >= 0.3 is 0 Å². The summed E-state index contributed by atoms with van der Waals surface area (Å²) in [6, 6.07) is 5.16. The standard InChI is InChI=1S/C13H16N4O3S/c1-21(19,20)10-4-6-17(7-5-10)13(18)9-2-3-11-12(8-9)15-16-14-11/h2-3,8,10H,4-7H2,1H3,(H,14,15,16). The molecule has 7 nitrogen and oxygen atoms in total. The van der Waals surface area contributed by atoms with Crippen LogP contribution < -0.4 is 0 Å². The summed E-state index contributed by atoms with van der Waals surface area (Å²) >= 11 is 0. The fourth-order valence-corrected chi connectivity index (χ4v) is 3.71. The van der Waals surface area contributed by atoms with Crippen molar-refractivity contribution in [1.82, 2.24) is 20.3 Å². The van der Waals surface area contributed by atoms with Gasteiger partial charge in [0.1, 0.15) is 20.9 Å². The third-order valence-corrected chi connectivity index (χ3v) is 5.58. The topological polar surface area (TPSA) is 96.0 Å². The first-order valence-electron chi connectivity index (χ1n) is 6.74. The molecule has 8 heteroatoms. The third kappa shape index (κ3) is 2.76. The number of aromatic nitrogens is 3. The van der Waals surface area contributed by atoms with Crippen LogP contribution in [0.1, 0.15) is 23.2 Å². The molecule has 1 fully saturated rings. The number of aromatic amines is 1. The molecular weight excluding hydrogens is 292 g/mol. The predicted molar refractivity (Wildman–Crippen MR) is 77.7 cm³/mol. The number of amides is 1. The van der Waals surface area contributed by atoms with Crippen LogP contribution in [-0.4, -0.2) is 59.2 Å². The number of likely N-dealkylation sites (tertiary alicyclic amines) is 1. The average Bonchev–Trinajstić information content (AvgIpc) is 2.93. The van der Waals surface area contributed by atoms with Crippen LogP contribution in [0.5, 0.6) is 0 Å². The van der Waals surface area contributed by atoms with Crippen LogP contribution in [0, 0.1) is 0 Å². The van der Waals surface area contributed by atoms with Crippen molar-refractivity contribution in [3.8, 4) is 0 Å². The summed E-state index contributed by atoms with van der Waals surface area (Å²) in [5.41, 5.74) is 1.91. The number of nitrogens with one attached hydrogen (secondary N) is 1. The van der Waals surface area contributed by atoms with E-state index < -0.39 is 9.84 Å². The van der Waals surface area contributed by atoms with E-state index in [1.165, 1.54) is 6.26 Å². The number of H-pyrrole nitrogens is 1. The van der Waals surface area contributed by atoms with Gasteiger partial charge in [0.2, 0.25) is 0 Å². The number of carbonyl (C=O) groups excluding carboxylic acids is 1. The van der Waals surface area contributed by atoms with E-state index in [0.29, 0.717) is 42.5 Å². The van der Waals surface area contributed by atoms with E-state index in [-0.39, 0.29) is 11.2 Å². The lowest BCUT2D eigenvalue weighted by atomic mass is 10.1. The molecule has 1 aromatic carbocycles. The number of fused-ring (bicyclic) bond motifs is 1. The van der Waals surface area contributed by atoms with Gasteiger partial charge in [-0.3, -0.25) is 4.79 Å². The Balaban J connectivity index is 1.74. The van der Waals surface area contributed by atoms with Crippen LogP contribution in [0.25, 0.3) is 11.0 Å². The number of sulfone groups is 1. The molecule has 112 valence electrons. The number of hydrogen-bond donors (Lipinski definition) is 1. The first-order chi connectivity index (χ1) is 9.95. The zero-order valence-electron chi connectivity index (χ0n) is 11.6. The van der Waals surface area contributed by atoms with Crippen LogP contribution in [0.2, 0.25) is 0 Å². The summed E-state index contributed by atoms with van der Waals surface area (Å²) in [4.78, 5) is 14.1. The summed E-state index contributed by atoms with van der Waals surface area (Å²) in [7, 11) is -3.02. The zero-order valence-corrected chi connectivity index (χ0v) is 12.4. The second-order valence-electron chi connectivity index (χ2n) is 5.35. The average molecular weight is 308 g/mol. The highest BCUT2D eigenvalue weighted by Gasteiger charge is 2.29. The Labute approximate surface area is 122 Å². The van der Waals surface area contributed by atoms with Crippen LogP contribution in [0.4, 0.5) is 0 Å². The molecule has 2 aromatic rings. The molecule has 1 saturated heterocycles. The van der Waals surface area contributed by atoms with Gasteiger partial charge in [-0.2, -0.15) is 15.4 Å². The molecule has 1 aliphatic heterocycles. The molecule has 1 aromatic heterocycles. The SMILES string of the molecule is CS(=O)(=O)C1CCN(C(=O)c2ccc3n[nH]nc3c2)CC1. The molecular formula is C13H16N4O3S. The first-order valence-corrected chi connectivity index (χ1v) is 8.69. The Morgan fingerprint density at radius 3 is 2.57 bits per heavy atom. The van der Waals surface area contributed by atoms with Crippen molar-refractivity contribution in [1.29, 1.82) is 0 Å². The summed E-state index contributed by atoms with van der Waals surface area (Å²) in [5, 5.41) is 10.1. The third-order valence-electron chi connectivity index (χ3n) is 3.90. The van der Waals surface area contributed by atoms with Crippen molar-refractivity contribution in [2.24, 2.45) is 0 Å². The van der Waals surface area contributed by atoms with Crippen LogP contribution >= 0.6 is 0 Å². The lowest BCUT2D eigenvalue weighted by Crippen LogP contribution is -2.42. The molecule has 0 saturated carbocycles. The maximum Gasteiger partial charge on any atom is 0.253 e. The summed E-state index contributed by atoms with van der Waals surface area (Å²) < 4.78 is 23.1. The Bertz CT molecular complexity index is 776. The number of carbonyl (C=O) groups is 1. The summed E-state index contributed by atoms with van der Waals surface area (Å²) in [5.74, 6) is -0.0909. The Hall–Kier alpha value is -1.96. The Morgan fingerprint density at radius 1 is 1.24 bits per heavy atom. The minimum Gasteiger partial charge on any atom is -0.339 e. The van der Waals surface area contributed by atoms with Crippen molar-refractivity contribution < 1.29 is 13.2 Å². The highest BCUT2D eigenvalue weighted by Crippen LogP contribution is 2.20. The fraction of sp³-hybridized carbons (Fsp3) is 0.462. The van der Waals surface area contributed by atoms with Crippen molar-refractivity contribution in [3.63, 3.8) is 0 Å². The molecule has 0 aliphatic carbocycles. The fourth-order valence-electron chi connectivity index (χ4n) is 2.64. The highest BCUT2D eigenvalue weighted by atomic mass is 32.2. The number of piperidine rings is 1. The normalized spacial score (nSPS) is 17.3. The minimum atomic E-state index is -3.02. The second kappa shape index (κ2) is 5.10. The zero-order chi connectivity index (χ0) is 15.0. The van der Waals surface area contributed by atoms with E-state index in [4.69, 9.17) is 0 Å². The number of hydrogen-bond acceptors (Lipinski definition) is 5. The van der Waals surface area contributed by atoms with E-state index in [0.717, 1.165) is 0 Å². The van der Waals surface area contributed by atoms with Crippen LogP contribution in [0.15, 0.2) is 18.2 Å². The Morgan fingerprint density at radius 2 is 1.90 bits per heavy atom. The van der Waals surface area contributed by atoms with E-state index >= 15 is 0 Å². The molecule has 0 spiro atoms. The predicted octanol–water partition coefficient (Wildman–Crippen LogP) is 0.607. The molecule has 0 unspecified atom stereocenters. The highest BCUT2D eigenvalue weighted by molar-refractivity contribution is 7.91. The lowest BCUT2D eigenvalue weighted by Gasteiger charge is -2.31. The Kier molecular flexibility index (Phi) is 3.40. The van der Waals surface area contributed by atoms with E-state index in [1.54, 1.807) is 23.1 Å². The van der Waals surface area contributed by atoms with Gasteiger partial charge in [0.15, 0.2) is 0 Å². The molecule has 1 N–H and O–H groups in total. The smallest absolute Gasteiger partial charge is 0.253 e. The monoisotopic (exact) mass is 308 g/mol. The number of nitrogens with zero attached hydrogens (tertiary/aromatic N) is 3. The van der Waals surface area contributed by atoms with E-state index in [1.807, 2.05) is 0 Å². The summed E-state index contributed by atoms with van der Waals surface area (Å²) in [6.07, 6.45) is 2.25. The van der Waals surface area contributed by atoms with Gasteiger partial charge in [0.25, 0.3) is 5.91 Å². The number of rotatable bonds is 2. The summed E-state index contributed by atoms with van der Waals surface area (Å²) in [6.45, 7) is 0.931. The van der Waals surface area contributed by atoms with Gasteiger partial charge in [-0.1, -0.05) is 0 Å². The molecule has 0 radical (unpaired) electrons. The van der Waals surface area contributed by atoms with Gasteiger partial charge < -0.3 is 4.90 Å². The molecule has 0 atom stereocenters. The van der Waals surface area contributed by atoms with Gasteiger partial charge in [-0.25, -0.2) is 8.42 Å². The van der Waals surface area contributed by atoms with E-state index in [9.17, 15) is 13.2 Å². The molecule has 1 amide bonds. The van der Waals surface area contributed by atoms with Crippen molar-refractivity contribution in [2.45, 2.75) is 18.1 Å². The van der Waals surface area contributed by atoms with Gasteiger partial charge in [0, 0.05) is 24.9 Å². The van der Waals surface area contributed by atoms with Crippen molar-refractivity contribution in [3.05, 3.63) is 23.8 Å². The van der Waals surface area contributed by atoms with Gasteiger partial charge in [0.05, 0.1) is 5.25 Å². The molecule has 3 rings (SSSR count). The molecule has 0 bridgehead atoms. The van der Waals surface area contributed by atoms with Crippen molar-refractivity contribution >= 4 is 26.8 Å². The first kappa shape index (κ1) is 14.0. The van der Waals surface area contributed by atoms with E-state index in [2.05, 4.69) is 15.4 Å². The molecule has 21 heavy (non-hydrogen) atoms. The number of benzene rings is 1.